The van der Waals surface area contributed by atoms with Gasteiger partial charge in [-0.25, -0.2) is 0 Å². The highest BCUT2D eigenvalue weighted by molar-refractivity contribution is 6.08. The highest BCUT2D eigenvalue weighted by atomic mass is 16.3. The fourth-order valence-electron chi connectivity index (χ4n) is 4.42. The lowest BCUT2D eigenvalue weighted by atomic mass is 9.81. The van der Waals surface area contributed by atoms with Crippen LogP contribution in [0.15, 0.2) is 22.8 Å². The summed E-state index contributed by atoms with van der Waals surface area (Å²) in [5, 5.41) is 2.68. The van der Waals surface area contributed by atoms with Crippen LogP contribution in [-0.2, 0) is 20.9 Å². The van der Waals surface area contributed by atoms with Crippen LogP contribution in [0.5, 0.6) is 0 Å². The third-order valence-electron chi connectivity index (χ3n) is 5.36. The number of likely N-dealkylation sites (tertiary alicyclic amines) is 1. The van der Waals surface area contributed by atoms with Crippen molar-refractivity contribution in [2.45, 2.75) is 25.8 Å². The summed E-state index contributed by atoms with van der Waals surface area (Å²) >= 11 is 0. The van der Waals surface area contributed by atoms with E-state index >= 15 is 0 Å². The molecule has 1 aromatic heterocycles. The van der Waals surface area contributed by atoms with Gasteiger partial charge in [-0.05, 0) is 43.2 Å². The van der Waals surface area contributed by atoms with E-state index in [-0.39, 0.29) is 42.6 Å². The van der Waals surface area contributed by atoms with Crippen LogP contribution in [0.4, 0.5) is 0 Å². The second kappa shape index (κ2) is 4.97. The maximum atomic E-state index is 12.5. The number of carbonyl (C=O) groups is 3. The van der Waals surface area contributed by atoms with Crippen molar-refractivity contribution in [3.05, 3.63) is 24.2 Å². The Morgan fingerprint density at radius 2 is 1.91 bits per heavy atom. The Labute approximate surface area is 127 Å². The normalized spacial score (nSPS) is 32.6. The van der Waals surface area contributed by atoms with E-state index in [0.717, 1.165) is 24.2 Å². The zero-order chi connectivity index (χ0) is 15.3. The molecule has 6 nitrogen and oxygen atoms in total. The molecule has 3 amide bonds. The zero-order valence-electron chi connectivity index (χ0n) is 12.2. The van der Waals surface area contributed by atoms with Gasteiger partial charge >= 0.3 is 0 Å². The molecule has 1 saturated heterocycles. The molecule has 4 rings (SSSR count). The van der Waals surface area contributed by atoms with Crippen LogP contribution in [-0.4, -0.2) is 29.2 Å². The van der Waals surface area contributed by atoms with Gasteiger partial charge in [0.05, 0.1) is 24.6 Å². The fraction of sp³-hybridized carbons (Fsp3) is 0.562. The summed E-state index contributed by atoms with van der Waals surface area (Å²) in [6.07, 6.45) is 4.63. The van der Waals surface area contributed by atoms with Crippen LogP contribution in [0.25, 0.3) is 0 Å². The van der Waals surface area contributed by atoms with Crippen LogP contribution in [0, 0.1) is 23.7 Å². The SMILES string of the molecule is O=C(CN1C(=O)[C@@H]2[C@H]3CC[C@@H](C3)[C@H]2C1=O)NCc1ccco1. The molecule has 22 heavy (non-hydrogen) atoms. The molecule has 116 valence electrons. The molecule has 2 heterocycles. The summed E-state index contributed by atoms with van der Waals surface area (Å²) in [6.45, 7) is 0.0883. The first kappa shape index (κ1) is 13.5. The van der Waals surface area contributed by atoms with Crippen molar-refractivity contribution in [2.75, 3.05) is 6.54 Å². The van der Waals surface area contributed by atoms with Crippen molar-refractivity contribution in [1.82, 2.24) is 10.2 Å². The van der Waals surface area contributed by atoms with E-state index in [0.29, 0.717) is 17.6 Å². The molecule has 3 aliphatic rings. The van der Waals surface area contributed by atoms with Gasteiger partial charge in [0.15, 0.2) is 0 Å². The maximum Gasteiger partial charge on any atom is 0.240 e. The average molecular weight is 302 g/mol. The second-order valence-corrected chi connectivity index (χ2v) is 6.50. The van der Waals surface area contributed by atoms with Gasteiger partial charge in [-0.15, -0.1) is 0 Å². The van der Waals surface area contributed by atoms with Crippen molar-refractivity contribution in [1.29, 1.82) is 0 Å². The Morgan fingerprint density at radius 3 is 2.50 bits per heavy atom. The lowest BCUT2D eigenvalue weighted by Crippen LogP contribution is -2.41. The van der Waals surface area contributed by atoms with Gasteiger partial charge < -0.3 is 9.73 Å². The summed E-state index contributed by atoms with van der Waals surface area (Å²) < 4.78 is 5.13. The standard InChI is InChI=1S/C16H18N2O4/c19-12(17-7-11-2-1-5-22-11)8-18-15(20)13-9-3-4-10(6-9)14(13)16(18)21/h1-2,5,9-10,13-14H,3-4,6-8H2,(H,17,19)/t9-,10-,13+,14+/m0/s1. The number of carbonyl (C=O) groups excluding carboxylic acids is 3. The summed E-state index contributed by atoms with van der Waals surface area (Å²) in [6, 6.07) is 3.50. The molecule has 4 atom stereocenters. The molecule has 3 fully saturated rings. The summed E-state index contributed by atoms with van der Waals surface area (Å²) in [4.78, 5) is 38.1. The van der Waals surface area contributed by atoms with Crippen molar-refractivity contribution >= 4 is 17.7 Å². The van der Waals surface area contributed by atoms with E-state index in [9.17, 15) is 14.4 Å². The monoisotopic (exact) mass is 302 g/mol. The van der Waals surface area contributed by atoms with E-state index in [2.05, 4.69) is 5.32 Å². The van der Waals surface area contributed by atoms with E-state index in [4.69, 9.17) is 4.42 Å². The number of nitrogens with one attached hydrogen (secondary N) is 1. The minimum Gasteiger partial charge on any atom is -0.467 e. The number of hydrogen-bond acceptors (Lipinski definition) is 4. The molecule has 2 aliphatic carbocycles. The molecular formula is C16H18N2O4. The first-order chi connectivity index (χ1) is 10.6. The molecule has 2 saturated carbocycles. The van der Waals surface area contributed by atoms with E-state index in [1.165, 1.54) is 6.26 Å². The van der Waals surface area contributed by atoms with Crippen molar-refractivity contribution in [2.24, 2.45) is 23.7 Å². The van der Waals surface area contributed by atoms with Crippen LogP contribution in [0.2, 0.25) is 0 Å². The molecule has 0 unspecified atom stereocenters. The average Bonchev–Trinajstić information content (AvgIpc) is 3.26. The molecule has 6 heteroatoms. The Bertz CT molecular complexity index is 596. The van der Waals surface area contributed by atoms with Crippen molar-refractivity contribution in [3.63, 3.8) is 0 Å². The largest absolute Gasteiger partial charge is 0.467 e. The van der Waals surface area contributed by atoms with Crippen LogP contribution in [0.3, 0.4) is 0 Å². The van der Waals surface area contributed by atoms with Gasteiger partial charge in [-0.2, -0.15) is 0 Å². The van der Waals surface area contributed by atoms with Crippen LogP contribution in [0.1, 0.15) is 25.0 Å². The van der Waals surface area contributed by atoms with Crippen molar-refractivity contribution < 1.29 is 18.8 Å². The minimum atomic E-state index is -0.328. The van der Waals surface area contributed by atoms with E-state index in [1.54, 1.807) is 12.1 Å². The zero-order valence-corrected chi connectivity index (χ0v) is 12.2. The van der Waals surface area contributed by atoms with Gasteiger partial charge in [-0.3, -0.25) is 19.3 Å². The molecule has 0 spiro atoms. The summed E-state index contributed by atoms with van der Waals surface area (Å²) in [7, 11) is 0. The Kier molecular flexibility index (Phi) is 3.06. The van der Waals surface area contributed by atoms with Gasteiger partial charge in [-0.1, -0.05) is 0 Å². The Hall–Kier alpha value is -2.11. The van der Waals surface area contributed by atoms with Crippen LogP contribution < -0.4 is 5.32 Å². The minimum absolute atomic E-state index is 0.143. The molecule has 2 bridgehead atoms. The molecular weight excluding hydrogens is 284 g/mol. The van der Waals surface area contributed by atoms with Crippen molar-refractivity contribution in [3.8, 4) is 0 Å². The summed E-state index contributed by atoms with van der Waals surface area (Å²) in [5.41, 5.74) is 0. The lowest BCUT2D eigenvalue weighted by molar-refractivity contribution is -0.144. The number of rotatable bonds is 4. The summed E-state index contributed by atoms with van der Waals surface area (Å²) in [5.74, 6) is 0.400. The highest BCUT2D eigenvalue weighted by Gasteiger charge is 2.60. The molecule has 0 aromatic carbocycles. The predicted molar refractivity (Wildman–Crippen MR) is 75.1 cm³/mol. The fourth-order valence-corrected chi connectivity index (χ4v) is 4.42. The van der Waals surface area contributed by atoms with Gasteiger partial charge in [0.1, 0.15) is 12.3 Å². The molecule has 1 aliphatic heterocycles. The van der Waals surface area contributed by atoms with Gasteiger partial charge in [0.2, 0.25) is 17.7 Å². The molecule has 1 N–H and O–H groups in total. The number of nitrogens with zero attached hydrogens (tertiary/aromatic N) is 1. The van der Waals surface area contributed by atoms with Gasteiger partial charge in [0.25, 0.3) is 0 Å². The Balaban J connectivity index is 1.40. The van der Waals surface area contributed by atoms with E-state index < -0.39 is 0 Å². The molecule has 1 aromatic rings. The number of hydrogen-bond donors (Lipinski definition) is 1. The molecule has 0 radical (unpaired) electrons. The smallest absolute Gasteiger partial charge is 0.240 e. The first-order valence-corrected chi connectivity index (χ1v) is 7.79. The third-order valence-corrected chi connectivity index (χ3v) is 5.36. The third kappa shape index (κ3) is 1.97. The number of fused-ring (bicyclic) bond motifs is 5. The first-order valence-electron chi connectivity index (χ1n) is 7.79. The van der Waals surface area contributed by atoms with Gasteiger partial charge in [0, 0.05) is 0 Å². The lowest BCUT2D eigenvalue weighted by Gasteiger charge is -2.19. The number of amides is 3. The number of furan rings is 1. The maximum absolute atomic E-state index is 12.5. The topological polar surface area (TPSA) is 79.6 Å². The quantitative estimate of drug-likeness (QED) is 0.839. The predicted octanol–water partition coefficient (Wildman–Crippen LogP) is 0.927. The second-order valence-electron chi connectivity index (χ2n) is 6.50. The Morgan fingerprint density at radius 1 is 1.23 bits per heavy atom. The van der Waals surface area contributed by atoms with E-state index in [1.807, 2.05) is 0 Å². The number of imide groups is 1. The highest BCUT2D eigenvalue weighted by Crippen LogP contribution is 2.55. The van der Waals surface area contributed by atoms with Crippen LogP contribution >= 0.6 is 0 Å².